The van der Waals surface area contributed by atoms with E-state index in [-0.39, 0.29) is 12.3 Å². The minimum atomic E-state index is -5.26. The summed E-state index contributed by atoms with van der Waals surface area (Å²) in [5, 5.41) is -4.04. The standard InChI is InChI=1S/C5H9ClF2O3S/c6-4-2-1-3-5(7,8)12(9,10)11/h1-4H2,(H,9,10,11). The van der Waals surface area contributed by atoms with Crippen LogP contribution in [0.5, 0.6) is 0 Å². The van der Waals surface area contributed by atoms with Crippen LogP contribution >= 0.6 is 11.6 Å². The molecule has 0 saturated carbocycles. The van der Waals surface area contributed by atoms with Crippen LogP contribution in [-0.4, -0.2) is 24.1 Å². The van der Waals surface area contributed by atoms with E-state index in [9.17, 15) is 17.2 Å². The van der Waals surface area contributed by atoms with Crippen LogP contribution in [0.15, 0.2) is 0 Å². The third-order valence-corrected chi connectivity index (χ3v) is 2.46. The van der Waals surface area contributed by atoms with E-state index >= 15 is 0 Å². The van der Waals surface area contributed by atoms with Gasteiger partial charge in [-0.1, -0.05) is 0 Å². The van der Waals surface area contributed by atoms with Gasteiger partial charge >= 0.3 is 15.4 Å². The van der Waals surface area contributed by atoms with Crippen molar-refractivity contribution in [1.82, 2.24) is 0 Å². The van der Waals surface area contributed by atoms with Crippen LogP contribution in [0.3, 0.4) is 0 Å². The van der Waals surface area contributed by atoms with Crippen LogP contribution in [0.25, 0.3) is 0 Å². The van der Waals surface area contributed by atoms with Gasteiger partial charge in [0.2, 0.25) is 0 Å². The predicted octanol–water partition coefficient (Wildman–Crippen LogP) is 1.88. The van der Waals surface area contributed by atoms with Crippen molar-refractivity contribution >= 4 is 21.7 Å². The topological polar surface area (TPSA) is 54.4 Å². The summed E-state index contributed by atoms with van der Waals surface area (Å²) in [5.41, 5.74) is 0. The first-order valence-electron chi connectivity index (χ1n) is 3.22. The van der Waals surface area contributed by atoms with Crippen molar-refractivity contribution in [3.63, 3.8) is 0 Å². The minimum absolute atomic E-state index is 0.0315. The van der Waals surface area contributed by atoms with E-state index in [1.54, 1.807) is 0 Å². The maximum atomic E-state index is 12.4. The van der Waals surface area contributed by atoms with Crippen LogP contribution < -0.4 is 0 Å². The number of alkyl halides is 3. The molecule has 0 aliphatic carbocycles. The zero-order valence-electron chi connectivity index (χ0n) is 6.13. The van der Waals surface area contributed by atoms with Gasteiger partial charge in [0.1, 0.15) is 0 Å². The summed E-state index contributed by atoms with van der Waals surface area (Å²) >= 11 is 5.19. The third kappa shape index (κ3) is 3.64. The molecule has 0 atom stereocenters. The molecule has 0 heterocycles. The fourth-order valence-corrected chi connectivity index (χ4v) is 1.15. The summed E-state index contributed by atoms with van der Waals surface area (Å²) in [5.74, 6) is 0.196. The minimum Gasteiger partial charge on any atom is -0.281 e. The van der Waals surface area contributed by atoms with Crippen LogP contribution in [0.2, 0.25) is 0 Å². The van der Waals surface area contributed by atoms with Crippen LogP contribution in [-0.2, 0) is 10.1 Å². The first-order valence-corrected chi connectivity index (χ1v) is 5.19. The highest BCUT2D eigenvalue weighted by atomic mass is 35.5. The highest BCUT2D eigenvalue weighted by molar-refractivity contribution is 7.86. The van der Waals surface area contributed by atoms with Gasteiger partial charge in [-0.2, -0.15) is 17.2 Å². The number of hydrogen-bond donors (Lipinski definition) is 1. The molecule has 0 aromatic rings. The first-order chi connectivity index (χ1) is 5.31. The molecule has 0 saturated heterocycles. The van der Waals surface area contributed by atoms with Crippen molar-refractivity contribution < 1.29 is 21.8 Å². The van der Waals surface area contributed by atoms with Crippen molar-refractivity contribution in [2.45, 2.75) is 24.5 Å². The monoisotopic (exact) mass is 222 g/mol. The zero-order chi connectivity index (χ0) is 9.83. The molecule has 7 heteroatoms. The smallest absolute Gasteiger partial charge is 0.281 e. The van der Waals surface area contributed by atoms with E-state index in [2.05, 4.69) is 0 Å². The van der Waals surface area contributed by atoms with Gasteiger partial charge in [-0.25, -0.2) is 0 Å². The Labute approximate surface area is 74.5 Å². The van der Waals surface area contributed by atoms with E-state index in [0.29, 0.717) is 6.42 Å². The molecule has 0 bridgehead atoms. The highest BCUT2D eigenvalue weighted by Crippen LogP contribution is 2.26. The first kappa shape index (κ1) is 12.1. The molecule has 0 aromatic heterocycles. The van der Waals surface area contributed by atoms with E-state index in [0.717, 1.165) is 0 Å². The second kappa shape index (κ2) is 4.34. The maximum absolute atomic E-state index is 12.4. The Balaban J connectivity index is 4.06. The Morgan fingerprint density at radius 1 is 1.33 bits per heavy atom. The van der Waals surface area contributed by atoms with Crippen molar-refractivity contribution in [2.24, 2.45) is 0 Å². The Kier molecular flexibility index (Phi) is 4.36. The lowest BCUT2D eigenvalue weighted by molar-refractivity contribution is 0.0690. The van der Waals surface area contributed by atoms with Crippen LogP contribution in [0.4, 0.5) is 8.78 Å². The Hall–Kier alpha value is 0.0600. The molecule has 0 unspecified atom stereocenters. The van der Waals surface area contributed by atoms with Gasteiger partial charge in [0.05, 0.1) is 0 Å². The van der Waals surface area contributed by atoms with Gasteiger partial charge in [0.15, 0.2) is 0 Å². The lowest BCUT2D eigenvalue weighted by Crippen LogP contribution is -2.27. The van der Waals surface area contributed by atoms with E-state index in [1.807, 2.05) is 0 Å². The van der Waals surface area contributed by atoms with Crippen LogP contribution in [0, 0.1) is 0 Å². The third-order valence-electron chi connectivity index (χ3n) is 1.23. The molecule has 0 fully saturated rings. The Morgan fingerprint density at radius 3 is 2.17 bits per heavy atom. The molecule has 12 heavy (non-hydrogen) atoms. The van der Waals surface area contributed by atoms with Crippen LogP contribution in [0.1, 0.15) is 19.3 Å². The second-order valence-corrected chi connectivity index (χ2v) is 4.18. The molecule has 0 rings (SSSR count). The highest BCUT2D eigenvalue weighted by Gasteiger charge is 2.42. The molecule has 0 radical (unpaired) electrons. The largest absolute Gasteiger partial charge is 0.370 e. The van der Waals surface area contributed by atoms with E-state index in [1.165, 1.54) is 0 Å². The molecule has 0 aliphatic heterocycles. The van der Waals surface area contributed by atoms with Gasteiger partial charge < -0.3 is 0 Å². The predicted molar refractivity (Wildman–Crippen MR) is 41.1 cm³/mol. The van der Waals surface area contributed by atoms with Gasteiger partial charge in [0, 0.05) is 12.3 Å². The molecule has 74 valence electrons. The van der Waals surface area contributed by atoms with Gasteiger partial charge in [-0.3, -0.25) is 4.55 Å². The summed E-state index contributed by atoms with van der Waals surface area (Å²) in [7, 11) is -5.26. The fourth-order valence-electron chi connectivity index (χ4n) is 0.554. The number of unbranched alkanes of at least 4 members (excludes halogenated alkanes) is 1. The molecule has 1 N–H and O–H groups in total. The quantitative estimate of drug-likeness (QED) is 0.439. The van der Waals surface area contributed by atoms with E-state index < -0.39 is 21.8 Å². The molecule has 0 aromatic carbocycles. The average Bonchev–Trinajstić information content (AvgIpc) is 1.85. The molecular formula is C5H9ClF2O3S. The molecule has 0 amide bonds. The summed E-state index contributed by atoms with van der Waals surface area (Å²) in [6, 6.07) is 0. The van der Waals surface area contributed by atoms with Gasteiger partial charge in [-0.15, -0.1) is 11.6 Å². The molecule has 0 aliphatic rings. The maximum Gasteiger partial charge on any atom is 0.370 e. The normalized spacial score (nSPS) is 13.3. The van der Waals surface area contributed by atoms with Crippen molar-refractivity contribution in [3.05, 3.63) is 0 Å². The summed E-state index contributed by atoms with van der Waals surface area (Å²) in [6.07, 6.45) is -0.624. The SMILES string of the molecule is O=S(=O)(O)C(F)(F)CCCCCl. The lowest BCUT2D eigenvalue weighted by atomic mass is 10.2. The van der Waals surface area contributed by atoms with Crippen molar-refractivity contribution in [3.8, 4) is 0 Å². The summed E-state index contributed by atoms with van der Waals surface area (Å²) in [6.45, 7) is 0. The van der Waals surface area contributed by atoms with E-state index in [4.69, 9.17) is 16.2 Å². The Morgan fingerprint density at radius 2 is 1.83 bits per heavy atom. The van der Waals surface area contributed by atoms with Crippen molar-refractivity contribution in [2.75, 3.05) is 5.88 Å². The Bertz CT molecular complexity index is 227. The fraction of sp³-hybridized carbons (Fsp3) is 1.00. The average molecular weight is 223 g/mol. The molecule has 3 nitrogen and oxygen atoms in total. The second-order valence-electron chi connectivity index (χ2n) is 2.26. The van der Waals surface area contributed by atoms with Gasteiger partial charge in [0.25, 0.3) is 0 Å². The molecular weight excluding hydrogens is 214 g/mol. The molecule has 0 spiro atoms. The summed E-state index contributed by atoms with van der Waals surface area (Å²) < 4.78 is 52.8. The summed E-state index contributed by atoms with van der Waals surface area (Å²) in [4.78, 5) is 0. The van der Waals surface area contributed by atoms with Crippen molar-refractivity contribution in [1.29, 1.82) is 0 Å². The lowest BCUT2D eigenvalue weighted by Gasteiger charge is -2.11. The number of halogens is 3. The zero-order valence-corrected chi connectivity index (χ0v) is 7.71. The van der Waals surface area contributed by atoms with Gasteiger partial charge in [-0.05, 0) is 12.8 Å². The number of hydrogen-bond acceptors (Lipinski definition) is 2. The number of rotatable bonds is 5.